The highest BCUT2D eigenvalue weighted by molar-refractivity contribution is 7.91. The van der Waals surface area contributed by atoms with Crippen LogP contribution in [-0.4, -0.2) is 31.4 Å². The largest absolute Gasteiger partial charge is 0.370 e. The molecular formula is C13H18N2O3S. The van der Waals surface area contributed by atoms with Crippen molar-refractivity contribution in [2.45, 2.75) is 25.3 Å². The summed E-state index contributed by atoms with van der Waals surface area (Å²) in [7, 11) is -3.23. The Labute approximate surface area is 113 Å². The van der Waals surface area contributed by atoms with Crippen molar-refractivity contribution < 1.29 is 13.2 Å². The highest BCUT2D eigenvalue weighted by Gasteiger charge is 2.43. The van der Waals surface area contributed by atoms with Crippen molar-refractivity contribution in [1.29, 1.82) is 0 Å². The molecule has 1 fully saturated rings. The molecule has 0 saturated carbocycles. The number of carbonyl (C=O) groups is 1. The van der Waals surface area contributed by atoms with Crippen molar-refractivity contribution in [3.63, 3.8) is 0 Å². The van der Waals surface area contributed by atoms with E-state index >= 15 is 0 Å². The molecule has 1 amide bonds. The number of primary amides is 1. The van der Waals surface area contributed by atoms with Gasteiger partial charge in [-0.3, -0.25) is 4.79 Å². The van der Waals surface area contributed by atoms with Gasteiger partial charge < -0.3 is 11.1 Å². The Hall–Kier alpha value is -1.56. The van der Waals surface area contributed by atoms with Crippen molar-refractivity contribution in [3.05, 3.63) is 29.8 Å². The Bertz CT molecular complexity index is 598. The van der Waals surface area contributed by atoms with Gasteiger partial charge in [0.1, 0.15) is 5.54 Å². The zero-order chi connectivity index (χ0) is 14.1. The van der Waals surface area contributed by atoms with Gasteiger partial charge in [-0.2, -0.15) is 0 Å². The summed E-state index contributed by atoms with van der Waals surface area (Å²) in [5.41, 5.74) is 6.00. The summed E-state index contributed by atoms with van der Waals surface area (Å²) in [6, 6.07) is 7.45. The first kappa shape index (κ1) is 13.9. The molecule has 1 heterocycles. The van der Waals surface area contributed by atoms with Gasteiger partial charge in [-0.15, -0.1) is 0 Å². The molecule has 1 aliphatic heterocycles. The van der Waals surface area contributed by atoms with Gasteiger partial charge in [0.25, 0.3) is 0 Å². The van der Waals surface area contributed by atoms with Crippen LogP contribution in [0.3, 0.4) is 0 Å². The first-order chi connectivity index (χ1) is 8.83. The van der Waals surface area contributed by atoms with Crippen LogP contribution in [0.1, 0.15) is 18.4 Å². The van der Waals surface area contributed by atoms with Gasteiger partial charge >= 0.3 is 0 Å². The normalized spacial score (nSPS) is 25.7. The van der Waals surface area contributed by atoms with E-state index in [4.69, 9.17) is 5.73 Å². The lowest BCUT2D eigenvalue weighted by molar-refractivity contribution is -0.122. The smallest absolute Gasteiger partial charge is 0.244 e. The van der Waals surface area contributed by atoms with Gasteiger partial charge in [-0.05, 0) is 37.5 Å². The molecule has 0 bridgehead atoms. The zero-order valence-electron chi connectivity index (χ0n) is 10.8. The maximum atomic E-state index is 11.8. The molecule has 0 aromatic heterocycles. The molecule has 1 aromatic rings. The van der Waals surface area contributed by atoms with Gasteiger partial charge in [0.15, 0.2) is 9.84 Å². The van der Waals surface area contributed by atoms with Crippen LogP contribution in [0.2, 0.25) is 0 Å². The first-order valence-electron chi connectivity index (χ1n) is 6.18. The monoisotopic (exact) mass is 282 g/mol. The number of amides is 1. The minimum atomic E-state index is -3.23. The fourth-order valence-electron chi connectivity index (χ4n) is 2.47. The maximum absolute atomic E-state index is 11.8. The predicted octanol–water partition coefficient (Wildman–Crippen LogP) is 0.840. The van der Waals surface area contributed by atoms with Crippen LogP contribution in [0, 0.1) is 6.92 Å². The van der Waals surface area contributed by atoms with E-state index in [-0.39, 0.29) is 11.5 Å². The Kier molecular flexibility index (Phi) is 3.54. The molecular weight excluding hydrogens is 264 g/mol. The highest BCUT2D eigenvalue weighted by Crippen LogP contribution is 2.27. The number of hydrogen-bond donors (Lipinski definition) is 2. The molecule has 6 heteroatoms. The van der Waals surface area contributed by atoms with Crippen LogP contribution in [-0.2, 0) is 14.6 Å². The van der Waals surface area contributed by atoms with Crippen LogP contribution in [0.15, 0.2) is 24.3 Å². The molecule has 1 aliphatic rings. The average molecular weight is 282 g/mol. The van der Waals surface area contributed by atoms with E-state index < -0.39 is 21.3 Å². The van der Waals surface area contributed by atoms with Crippen LogP contribution in [0.25, 0.3) is 0 Å². The minimum Gasteiger partial charge on any atom is -0.370 e. The summed E-state index contributed by atoms with van der Waals surface area (Å²) in [6.07, 6.45) is 0.888. The third-order valence-corrected chi connectivity index (χ3v) is 5.24. The fraction of sp³-hybridized carbons (Fsp3) is 0.462. The molecule has 0 spiro atoms. The Morgan fingerprint density at radius 1 is 1.42 bits per heavy atom. The summed E-state index contributed by atoms with van der Waals surface area (Å²) >= 11 is 0. The number of carbonyl (C=O) groups excluding carboxylic acids is 1. The summed E-state index contributed by atoms with van der Waals surface area (Å²) in [5.74, 6) is -0.724. The number of rotatable bonds is 3. The number of benzene rings is 1. The minimum absolute atomic E-state index is 0.123. The fourth-order valence-corrected chi connectivity index (χ4v) is 4.31. The molecule has 0 aliphatic carbocycles. The van der Waals surface area contributed by atoms with E-state index in [0.29, 0.717) is 12.8 Å². The standard InChI is InChI=1S/C13H18N2O3S/c1-10-4-2-5-11(8-10)15-13(12(14)16)6-3-7-19(17,18)9-13/h2,4-5,8,15H,3,6-7,9H2,1H3,(H2,14,16). The Balaban J connectivity index is 2.33. The van der Waals surface area contributed by atoms with Crippen LogP contribution in [0.5, 0.6) is 0 Å². The third kappa shape index (κ3) is 3.07. The Morgan fingerprint density at radius 3 is 2.74 bits per heavy atom. The summed E-state index contributed by atoms with van der Waals surface area (Å²) in [4.78, 5) is 11.7. The van der Waals surface area contributed by atoms with Gasteiger partial charge in [0, 0.05) is 5.69 Å². The van der Waals surface area contributed by atoms with E-state index in [0.717, 1.165) is 11.3 Å². The van der Waals surface area contributed by atoms with E-state index in [1.54, 1.807) is 6.07 Å². The third-order valence-electron chi connectivity index (χ3n) is 3.40. The molecule has 19 heavy (non-hydrogen) atoms. The van der Waals surface area contributed by atoms with E-state index in [1.807, 2.05) is 25.1 Å². The number of sulfone groups is 1. The predicted molar refractivity (Wildman–Crippen MR) is 74.6 cm³/mol. The van der Waals surface area contributed by atoms with Crippen molar-refractivity contribution in [3.8, 4) is 0 Å². The number of nitrogens with one attached hydrogen (secondary N) is 1. The van der Waals surface area contributed by atoms with Crippen molar-refractivity contribution in [1.82, 2.24) is 0 Å². The van der Waals surface area contributed by atoms with Gasteiger partial charge in [-0.1, -0.05) is 12.1 Å². The molecule has 3 N–H and O–H groups in total. The van der Waals surface area contributed by atoms with E-state index in [1.165, 1.54) is 0 Å². The second kappa shape index (κ2) is 4.85. The summed E-state index contributed by atoms with van der Waals surface area (Å²) in [5, 5.41) is 3.04. The maximum Gasteiger partial charge on any atom is 0.244 e. The molecule has 0 radical (unpaired) electrons. The van der Waals surface area contributed by atoms with Crippen molar-refractivity contribution in [2.24, 2.45) is 5.73 Å². The SMILES string of the molecule is Cc1cccc(NC2(C(N)=O)CCCS(=O)(=O)C2)c1. The van der Waals surface area contributed by atoms with Crippen LogP contribution >= 0.6 is 0 Å². The first-order valence-corrected chi connectivity index (χ1v) is 8.00. The van der Waals surface area contributed by atoms with Gasteiger partial charge in [0.2, 0.25) is 5.91 Å². The number of nitrogens with two attached hydrogens (primary N) is 1. The molecule has 1 atom stereocenters. The lowest BCUT2D eigenvalue weighted by atomic mass is 9.94. The van der Waals surface area contributed by atoms with Crippen LogP contribution < -0.4 is 11.1 Å². The molecule has 1 saturated heterocycles. The lowest BCUT2D eigenvalue weighted by Gasteiger charge is -2.35. The van der Waals surface area contributed by atoms with Crippen molar-refractivity contribution >= 4 is 21.4 Å². The topological polar surface area (TPSA) is 89.3 Å². The van der Waals surface area contributed by atoms with Crippen LogP contribution in [0.4, 0.5) is 5.69 Å². The van der Waals surface area contributed by atoms with Gasteiger partial charge in [-0.25, -0.2) is 8.42 Å². The second-order valence-corrected chi connectivity index (χ2v) is 7.32. The average Bonchev–Trinajstić information content (AvgIpc) is 2.27. The molecule has 5 nitrogen and oxygen atoms in total. The second-order valence-electron chi connectivity index (χ2n) is 5.14. The summed E-state index contributed by atoms with van der Waals surface area (Å²) in [6.45, 7) is 1.93. The Morgan fingerprint density at radius 2 is 2.16 bits per heavy atom. The zero-order valence-corrected chi connectivity index (χ0v) is 11.7. The summed E-state index contributed by atoms with van der Waals surface area (Å²) < 4.78 is 23.6. The quantitative estimate of drug-likeness (QED) is 0.859. The van der Waals surface area contributed by atoms with E-state index in [2.05, 4.69) is 5.32 Å². The van der Waals surface area contributed by atoms with Gasteiger partial charge in [0.05, 0.1) is 11.5 Å². The lowest BCUT2D eigenvalue weighted by Crippen LogP contribution is -2.57. The number of anilines is 1. The number of aryl methyl sites for hydroxylation is 1. The molecule has 2 rings (SSSR count). The van der Waals surface area contributed by atoms with E-state index in [9.17, 15) is 13.2 Å². The molecule has 1 aromatic carbocycles. The number of hydrogen-bond acceptors (Lipinski definition) is 4. The molecule has 104 valence electrons. The molecule has 1 unspecified atom stereocenters. The highest BCUT2D eigenvalue weighted by atomic mass is 32.2. The van der Waals surface area contributed by atoms with Crippen molar-refractivity contribution in [2.75, 3.05) is 16.8 Å².